The molecule has 0 radical (unpaired) electrons. The first-order valence-electron chi connectivity index (χ1n) is 5.42. The lowest BCUT2D eigenvalue weighted by atomic mass is 9.44. The van der Waals surface area contributed by atoms with Crippen LogP contribution in [0.4, 0.5) is 0 Å². The summed E-state index contributed by atoms with van der Waals surface area (Å²) >= 11 is 0. The molecule has 4 atom stereocenters. The zero-order valence-corrected chi connectivity index (χ0v) is 8.34. The van der Waals surface area contributed by atoms with E-state index in [1.165, 1.54) is 25.7 Å². The van der Waals surface area contributed by atoms with Crippen molar-refractivity contribution < 1.29 is 0 Å². The molecule has 3 fully saturated rings. The van der Waals surface area contributed by atoms with E-state index in [-0.39, 0.29) is 0 Å². The van der Waals surface area contributed by atoms with Crippen LogP contribution in [-0.2, 0) is 0 Å². The second kappa shape index (κ2) is 2.73. The van der Waals surface area contributed by atoms with Crippen LogP contribution in [0.25, 0.3) is 0 Å². The Hall–Kier alpha value is -0.0400. The van der Waals surface area contributed by atoms with Crippen LogP contribution in [0.5, 0.6) is 0 Å². The summed E-state index contributed by atoms with van der Waals surface area (Å²) in [5, 5.41) is 0. The summed E-state index contributed by atoms with van der Waals surface area (Å²) in [5.74, 6) is 2.85. The Morgan fingerprint density at radius 3 is 2.67 bits per heavy atom. The number of nitrogens with two attached hydrogens (primary N) is 1. The molecule has 0 aromatic heterocycles. The fraction of sp³-hybridized carbons (Fsp3) is 1.00. The molecule has 2 bridgehead atoms. The van der Waals surface area contributed by atoms with Crippen LogP contribution in [0.2, 0.25) is 0 Å². The molecular formula is C11H21N. The van der Waals surface area contributed by atoms with Crippen LogP contribution in [0.3, 0.4) is 0 Å². The molecule has 0 spiro atoms. The fourth-order valence-corrected chi connectivity index (χ4v) is 3.62. The van der Waals surface area contributed by atoms with Gasteiger partial charge in [-0.15, -0.1) is 0 Å². The van der Waals surface area contributed by atoms with Gasteiger partial charge in [0.1, 0.15) is 0 Å². The van der Waals surface area contributed by atoms with Crippen molar-refractivity contribution in [2.45, 2.75) is 39.5 Å². The molecule has 0 heterocycles. The van der Waals surface area contributed by atoms with Crippen molar-refractivity contribution in [1.29, 1.82) is 0 Å². The fourth-order valence-electron chi connectivity index (χ4n) is 3.62. The van der Waals surface area contributed by atoms with E-state index in [1.54, 1.807) is 0 Å². The lowest BCUT2D eigenvalue weighted by molar-refractivity contribution is -0.117. The maximum absolute atomic E-state index is 5.79. The molecular weight excluding hydrogens is 146 g/mol. The summed E-state index contributed by atoms with van der Waals surface area (Å²) in [4.78, 5) is 0. The van der Waals surface area contributed by atoms with E-state index < -0.39 is 0 Å². The van der Waals surface area contributed by atoms with E-state index in [0.717, 1.165) is 24.3 Å². The molecule has 1 heteroatoms. The normalized spacial score (nSPS) is 51.8. The maximum Gasteiger partial charge on any atom is -0.00460 e. The van der Waals surface area contributed by atoms with Gasteiger partial charge in [0.15, 0.2) is 0 Å². The highest BCUT2D eigenvalue weighted by atomic mass is 14.7. The van der Waals surface area contributed by atoms with Gasteiger partial charge in [0.25, 0.3) is 0 Å². The molecule has 0 aliphatic heterocycles. The summed E-state index contributed by atoms with van der Waals surface area (Å²) in [6.45, 7) is 5.75. The molecule has 0 saturated heterocycles. The van der Waals surface area contributed by atoms with E-state index in [0.29, 0.717) is 5.41 Å². The monoisotopic (exact) mass is 167 g/mol. The topological polar surface area (TPSA) is 26.0 Å². The molecule has 0 aromatic carbocycles. The summed E-state index contributed by atoms with van der Waals surface area (Å²) < 4.78 is 0. The van der Waals surface area contributed by atoms with E-state index in [9.17, 15) is 0 Å². The predicted octanol–water partition coefficient (Wildman–Crippen LogP) is 2.41. The molecule has 70 valence electrons. The van der Waals surface area contributed by atoms with Gasteiger partial charge in [0.05, 0.1) is 0 Å². The van der Waals surface area contributed by atoms with Crippen LogP contribution >= 0.6 is 0 Å². The smallest absolute Gasteiger partial charge is 0.00460 e. The van der Waals surface area contributed by atoms with E-state index in [4.69, 9.17) is 5.73 Å². The van der Waals surface area contributed by atoms with Crippen LogP contribution in [0, 0.1) is 23.2 Å². The third-order valence-corrected chi connectivity index (χ3v) is 4.84. The third-order valence-electron chi connectivity index (χ3n) is 4.84. The first-order valence-corrected chi connectivity index (χ1v) is 5.42. The van der Waals surface area contributed by atoms with Crippen molar-refractivity contribution in [3.8, 4) is 0 Å². The van der Waals surface area contributed by atoms with Crippen LogP contribution in [-0.4, -0.2) is 6.54 Å². The molecule has 0 amide bonds. The van der Waals surface area contributed by atoms with E-state index >= 15 is 0 Å². The predicted molar refractivity (Wildman–Crippen MR) is 51.8 cm³/mol. The van der Waals surface area contributed by atoms with Gasteiger partial charge < -0.3 is 5.73 Å². The minimum atomic E-state index is 0.669. The van der Waals surface area contributed by atoms with Crippen molar-refractivity contribution in [3.05, 3.63) is 0 Å². The van der Waals surface area contributed by atoms with Gasteiger partial charge in [-0.2, -0.15) is 0 Å². The van der Waals surface area contributed by atoms with Gasteiger partial charge in [0, 0.05) is 0 Å². The second-order valence-corrected chi connectivity index (χ2v) is 4.97. The Labute approximate surface area is 75.7 Å². The lowest BCUT2D eigenvalue weighted by Gasteiger charge is -2.61. The van der Waals surface area contributed by atoms with Crippen LogP contribution in [0.1, 0.15) is 39.5 Å². The molecule has 4 unspecified atom stereocenters. The highest BCUT2D eigenvalue weighted by Crippen LogP contribution is 2.62. The molecule has 3 saturated carbocycles. The minimum Gasteiger partial charge on any atom is -0.330 e. The summed E-state index contributed by atoms with van der Waals surface area (Å²) in [5.41, 5.74) is 6.46. The Bertz CT molecular complexity index is 176. The van der Waals surface area contributed by atoms with Gasteiger partial charge >= 0.3 is 0 Å². The lowest BCUT2D eigenvalue weighted by Crippen LogP contribution is -2.55. The first-order chi connectivity index (χ1) is 5.72. The van der Waals surface area contributed by atoms with Gasteiger partial charge in [-0.3, -0.25) is 0 Å². The van der Waals surface area contributed by atoms with Gasteiger partial charge in [-0.25, -0.2) is 0 Å². The Kier molecular flexibility index (Phi) is 1.95. The molecule has 3 rings (SSSR count). The average molecular weight is 167 g/mol. The van der Waals surface area contributed by atoms with Gasteiger partial charge in [0.2, 0.25) is 0 Å². The Balaban J connectivity index is 2.11. The van der Waals surface area contributed by atoms with E-state index in [2.05, 4.69) is 13.8 Å². The van der Waals surface area contributed by atoms with E-state index in [1.807, 2.05) is 0 Å². The average Bonchev–Trinajstić information content (AvgIpc) is 2.16. The number of rotatable bonds is 2. The molecule has 12 heavy (non-hydrogen) atoms. The molecule has 2 N–H and O–H groups in total. The highest BCUT2D eigenvalue weighted by molar-refractivity contribution is 5.04. The van der Waals surface area contributed by atoms with Crippen LogP contribution < -0.4 is 5.73 Å². The molecule has 3 aliphatic rings. The Morgan fingerprint density at radius 2 is 2.17 bits per heavy atom. The molecule has 1 nitrogen and oxygen atoms in total. The van der Waals surface area contributed by atoms with Crippen molar-refractivity contribution in [1.82, 2.24) is 0 Å². The summed E-state index contributed by atoms with van der Waals surface area (Å²) in [6.07, 6.45) is 5.69. The third kappa shape index (κ3) is 0.891. The highest BCUT2D eigenvalue weighted by Gasteiger charge is 2.55. The molecule has 3 aliphatic carbocycles. The SMILES string of the molecule is CCC1(C)C2CCC(CN)C1C2. The van der Waals surface area contributed by atoms with Crippen molar-refractivity contribution in [2.24, 2.45) is 28.9 Å². The first kappa shape index (κ1) is 8.55. The number of hydrogen-bond acceptors (Lipinski definition) is 1. The Morgan fingerprint density at radius 1 is 1.42 bits per heavy atom. The summed E-state index contributed by atoms with van der Waals surface area (Å²) in [6, 6.07) is 0. The quantitative estimate of drug-likeness (QED) is 0.671. The molecule has 0 aromatic rings. The standard InChI is InChI=1S/C11H21N/c1-3-11(2)9-5-4-8(7-12)10(11)6-9/h8-10H,3-7,12H2,1-2H3. The van der Waals surface area contributed by atoms with Gasteiger partial charge in [-0.05, 0) is 49.0 Å². The minimum absolute atomic E-state index is 0.669. The van der Waals surface area contributed by atoms with Crippen molar-refractivity contribution in [3.63, 3.8) is 0 Å². The number of fused-ring (bicyclic) bond motifs is 2. The zero-order valence-electron chi connectivity index (χ0n) is 8.34. The second-order valence-electron chi connectivity index (χ2n) is 4.97. The van der Waals surface area contributed by atoms with Crippen molar-refractivity contribution >= 4 is 0 Å². The largest absolute Gasteiger partial charge is 0.330 e. The maximum atomic E-state index is 5.79. The number of hydrogen-bond donors (Lipinski definition) is 1. The zero-order chi connectivity index (χ0) is 8.77. The van der Waals surface area contributed by atoms with Crippen LogP contribution in [0.15, 0.2) is 0 Å². The van der Waals surface area contributed by atoms with Gasteiger partial charge in [-0.1, -0.05) is 20.3 Å². The summed E-state index contributed by atoms with van der Waals surface area (Å²) in [7, 11) is 0. The van der Waals surface area contributed by atoms with Crippen molar-refractivity contribution in [2.75, 3.05) is 6.54 Å².